The van der Waals surface area contributed by atoms with E-state index in [0.717, 1.165) is 12.1 Å². The van der Waals surface area contributed by atoms with Gasteiger partial charge >= 0.3 is 17.3 Å². The molecule has 1 aromatic heterocycles. The number of phenols is 4. The Morgan fingerprint density at radius 2 is 1.31 bits per heavy atom. The maximum absolute atomic E-state index is 12.4. The second-order valence-corrected chi connectivity index (χ2v) is 12.5. The molecule has 0 bridgehead atoms. The van der Waals surface area contributed by atoms with Crippen LogP contribution in [0.4, 0.5) is 0 Å². The highest BCUT2D eigenvalue weighted by Crippen LogP contribution is 2.42. The van der Waals surface area contributed by atoms with Crippen molar-refractivity contribution in [2.24, 2.45) is 0 Å². The molecule has 6 rings (SSSR count). The molecule has 54 heavy (non-hydrogen) atoms. The highest BCUT2D eigenvalue weighted by atomic mass is 16.7. The normalized spacial score (nSPS) is 28.6. The van der Waals surface area contributed by atoms with E-state index in [0.29, 0.717) is 11.1 Å². The maximum atomic E-state index is 12.4. The molecule has 4 aromatic rings. The van der Waals surface area contributed by atoms with E-state index in [4.69, 9.17) is 28.1 Å². The lowest BCUT2D eigenvalue weighted by molar-refractivity contribution is -0.278. The third kappa shape index (κ3) is 8.11. The van der Waals surface area contributed by atoms with E-state index in [9.17, 15) is 61.0 Å². The molecule has 2 aliphatic heterocycles. The van der Waals surface area contributed by atoms with Gasteiger partial charge in [0.05, 0.1) is 18.2 Å². The molecule has 0 unspecified atom stereocenters. The predicted octanol–water partition coefficient (Wildman–Crippen LogP) is -0.175. The molecule has 10 atom stereocenters. The van der Waals surface area contributed by atoms with Crippen molar-refractivity contribution >= 4 is 23.0 Å². The second kappa shape index (κ2) is 16.0. The minimum atomic E-state index is -1.88. The number of aromatic hydroxyl groups is 4. The van der Waals surface area contributed by atoms with E-state index in [1.165, 1.54) is 60.7 Å². The van der Waals surface area contributed by atoms with Crippen molar-refractivity contribution in [3.05, 3.63) is 72.3 Å². The van der Waals surface area contributed by atoms with Crippen molar-refractivity contribution in [3.63, 3.8) is 0 Å². The number of esters is 1. The van der Waals surface area contributed by atoms with Crippen LogP contribution in [-0.2, 0) is 19.0 Å². The van der Waals surface area contributed by atoms with Crippen LogP contribution in [0.2, 0.25) is 0 Å². The minimum Gasteiger partial charge on any atom is -0.508 e. The molecule has 11 N–H and O–H groups in total. The molecular weight excluding hydrogens is 720 g/mol. The molecule has 3 aromatic carbocycles. The summed E-state index contributed by atoms with van der Waals surface area (Å²) in [7, 11) is 0. The third-order valence-corrected chi connectivity index (χ3v) is 8.73. The number of benzene rings is 3. The first-order chi connectivity index (χ1) is 25.7. The van der Waals surface area contributed by atoms with E-state index in [2.05, 4.69) is 0 Å². The van der Waals surface area contributed by atoms with Gasteiger partial charge in [0.25, 0.3) is 0 Å². The van der Waals surface area contributed by atoms with Gasteiger partial charge in [-0.1, -0.05) is 6.07 Å². The van der Waals surface area contributed by atoms with Crippen LogP contribution >= 0.6 is 0 Å². The smallest absolute Gasteiger partial charge is 0.402 e. The van der Waals surface area contributed by atoms with Crippen LogP contribution in [-0.4, -0.2) is 137 Å². The quantitative estimate of drug-likeness (QED) is 0.0433. The average molecular weight is 758 g/mol. The number of aliphatic hydroxyl groups excluding tert-OH is 7. The molecule has 18 nitrogen and oxygen atoms in total. The molecule has 0 spiro atoms. The summed E-state index contributed by atoms with van der Waals surface area (Å²) in [4.78, 5) is 12.4. The molecule has 0 saturated carbocycles. The summed E-state index contributed by atoms with van der Waals surface area (Å²) in [5.74, 6) is -2.60. The van der Waals surface area contributed by atoms with Gasteiger partial charge in [0.15, 0.2) is 11.5 Å². The van der Waals surface area contributed by atoms with Gasteiger partial charge in [-0.25, -0.2) is 9.21 Å². The third-order valence-electron chi connectivity index (χ3n) is 8.73. The Labute approximate surface area is 304 Å². The molecule has 0 aliphatic carbocycles. The van der Waals surface area contributed by atoms with Crippen LogP contribution in [0.25, 0.3) is 28.4 Å². The summed E-state index contributed by atoms with van der Waals surface area (Å²) >= 11 is 0. The minimum absolute atomic E-state index is 0.0401. The van der Waals surface area contributed by atoms with Gasteiger partial charge in [-0.15, -0.1) is 0 Å². The van der Waals surface area contributed by atoms with Gasteiger partial charge in [0.1, 0.15) is 78.1 Å². The van der Waals surface area contributed by atoms with Crippen LogP contribution in [0.5, 0.6) is 34.5 Å². The number of fused-ring (bicyclic) bond motifs is 1. The molecule has 2 saturated heterocycles. The first-order valence-electron chi connectivity index (χ1n) is 16.4. The topological polar surface area (TPSA) is 297 Å². The van der Waals surface area contributed by atoms with Crippen molar-refractivity contribution < 1.29 is 89.1 Å². The van der Waals surface area contributed by atoms with Gasteiger partial charge in [0, 0.05) is 18.2 Å². The number of ether oxygens (including phenoxy) is 5. The van der Waals surface area contributed by atoms with Crippen LogP contribution < -0.4 is 9.47 Å². The number of rotatable bonds is 10. The number of hydrogen-bond donors (Lipinski definition) is 11. The Kier molecular flexibility index (Phi) is 11.4. The standard InChI is InChI=1S/C36H36O18/c37-13-25-28(43)30(45)32(47)36(53-25)52-24-12-19-22(50-34(24)16-3-5-17(38)6-4-16)10-18(39)11-23(19)51-35-33(48)31(46)29(44)26(54-35)14-49-27(42)8-2-15-1-7-20(40)21(41)9-15/h1-12,25-26,28-33,35-37,43-48H,13-14H2,(H3-,38,39,40,41,42)/p+1/t25-,26-,28-,29-,30+,31+,32-,33-,35-,36-/m1/s1. The lowest BCUT2D eigenvalue weighted by Crippen LogP contribution is -2.60. The monoisotopic (exact) mass is 757 g/mol. The Bertz CT molecular complexity index is 1980. The van der Waals surface area contributed by atoms with Crippen LogP contribution in [0.3, 0.4) is 0 Å². The van der Waals surface area contributed by atoms with Crippen LogP contribution in [0, 0.1) is 0 Å². The van der Waals surface area contributed by atoms with Crippen molar-refractivity contribution in [1.82, 2.24) is 0 Å². The first kappa shape index (κ1) is 38.4. The van der Waals surface area contributed by atoms with E-state index < -0.39 is 92.1 Å². The summed E-state index contributed by atoms with van der Waals surface area (Å²) in [5.41, 5.74) is 0.626. The largest absolute Gasteiger partial charge is 0.508 e. The summed E-state index contributed by atoms with van der Waals surface area (Å²) in [6.45, 7) is -1.36. The predicted molar refractivity (Wildman–Crippen MR) is 181 cm³/mol. The van der Waals surface area contributed by atoms with Crippen LogP contribution in [0.1, 0.15) is 5.56 Å². The lowest BCUT2D eigenvalue weighted by atomic mass is 9.99. The molecule has 3 heterocycles. The Morgan fingerprint density at radius 1 is 0.685 bits per heavy atom. The average Bonchev–Trinajstić information content (AvgIpc) is 3.15. The number of hydrogen-bond acceptors (Lipinski definition) is 17. The second-order valence-electron chi connectivity index (χ2n) is 12.5. The zero-order chi connectivity index (χ0) is 38.8. The van der Waals surface area contributed by atoms with E-state index >= 15 is 0 Å². The van der Waals surface area contributed by atoms with E-state index in [1.807, 2.05) is 0 Å². The molecule has 288 valence electrons. The highest BCUT2D eigenvalue weighted by Gasteiger charge is 2.47. The van der Waals surface area contributed by atoms with Gasteiger partial charge in [-0.3, -0.25) is 0 Å². The Hall–Kier alpha value is -5.28. The van der Waals surface area contributed by atoms with Gasteiger partial charge in [-0.05, 0) is 48.0 Å². The fourth-order valence-corrected chi connectivity index (χ4v) is 5.76. The summed E-state index contributed by atoms with van der Waals surface area (Å²) < 4.78 is 34.3. The molecule has 2 aliphatic rings. The van der Waals surface area contributed by atoms with Gasteiger partial charge < -0.3 is 79.9 Å². The maximum Gasteiger partial charge on any atom is 0.402 e. The molecule has 0 radical (unpaired) electrons. The number of phenolic OH excluding ortho intramolecular Hbond substituents is 4. The van der Waals surface area contributed by atoms with Crippen molar-refractivity contribution in [2.45, 2.75) is 61.4 Å². The molecule has 18 heteroatoms. The fourth-order valence-electron chi connectivity index (χ4n) is 5.76. The summed E-state index contributed by atoms with van der Waals surface area (Å²) in [6, 6.07) is 13.1. The van der Waals surface area contributed by atoms with E-state index in [-0.39, 0.29) is 39.7 Å². The van der Waals surface area contributed by atoms with E-state index in [1.54, 1.807) is 0 Å². The summed E-state index contributed by atoms with van der Waals surface area (Å²) in [6.07, 6.45) is -14.7. The number of carbonyl (C=O) groups is 1. The van der Waals surface area contributed by atoms with Gasteiger partial charge in [-0.2, -0.15) is 0 Å². The molecular formula is C36H37O18+. The lowest BCUT2D eigenvalue weighted by Gasteiger charge is -2.40. The fraction of sp³-hybridized carbons (Fsp3) is 0.333. The highest BCUT2D eigenvalue weighted by molar-refractivity contribution is 5.89. The van der Waals surface area contributed by atoms with Crippen LogP contribution in [0.15, 0.2) is 71.2 Å². The Balaban J connectivity index is 1.28. The Morgan fingerprint density at radius 3 is 1.96 bits per heavy atom. The number of aliphatic hydroxyl groups is 7. The van der Waals surface area contributed by atoms with Crippen molar-refractivity contribution in [2.75, 3.05) is 13.2 Å². The zero-order valence-electron chi connectivity index (χ0n) is 27.9. The molecule has 2 fully saturated rings. The first-order valence-corrected chi connectivity index (χ1v) is 16.4. The van der Waals surface area contributed by atoms with Crippen molar-refractivity contribution in [1.29, 1.82) is 0 Å². The SMILES string of the molecule is O=C(/C=C/c1ccc(O)c(O)c1)OC[C@H]1O[C@@H](Oc2cc(O)cc3[o+]c(-c4ccc(O)cc4)c(O[C@@H]4O[C@H](CO)[C@@H](O)[C@H](O)[C@H]4O)cc23)[C@H](O)[C@@H](O)[C@@H]1O. The van der Waals surface area contributed by atoms with Crippen molar-refractivity contribution in [3.8, 4) is 45.8 Å². The van der Waals surface area contributed by atoms with Gasteiger partial charge in [0.2, 0.25) is 18.3 Å². The summed E-state index contributed by atoms with van der Waals surface area (Å²) in [5, 5.41) is 113. The molecule has 0 amide bonds. The number of carbonyl (C=O) groups excluding carboxylic acids is 1. The zero-order valence-corrected chi connectivity index (χ0v) is 27.9.